The Balaban J connectivity index is 1.62. The molecule has 0 aromatic carbocycles. The molecule has 2 atom stereocenters. The summed E-state index contributed by atoms with van der Waals surface area (Å²) >= 11 is 3.50. The number of rotatable bonds is 3. The third-order valence-corrected chi connectivity index (χ3v) is 5.58. The summed E-state index contributed by atoms with van der Waals surface area (Å²) in [4.78, 5) is 4.49. The molecule has 0 unspecified atom stereocenters. The summed E-state index contributed by atoms with van der Waals surface area (Å²) in [5.74, 6) is 3.34. The first-order valence-electron chi connectivity index (χ1n) is 6.60. The molecule has 2 saturated heterocycles. The van der Waals surface area contributed by atoms with E-state index < -0.39 is 0 Å². The number of hydrogen-bond donors (Lipinski definition) is 1. The van der Waals surface area contributed by atoms with Gasteiger partial charge in [-0.1, -0.05) is 6.92 Å². The molecule has 100 valence electrons. The Hall–Kier alpha value is -0.330. The second-order valence-electron chi connectivity index (χ2n) is 5.04. The second kappa shape index (κ2) is 5.35. The van der Waals surface area contributed by atoms with Crippen LogP contribution >= 0.6 is 23.3 Å². The van der Waals surface area contributed by atoms with E-state index in [4.69, 9.17) is 4.74 Å². The second-order valence-corrected chi connectivity index (χ2v) is 6.89. The summed E-state index contributed by atoms with van der Waals surface area (Å²) in [7, 11) is 0. The van der Waals surface area contributed by atoms with Crippen LogP contribution in [-0.2, 0) is 11.2 Å². The van der Waals surface area contributed by atoms with Crippen molar-refractivity contribution < 1.29 is 4.74 Å². The average Bonchev–Trinajstić information content (AvgIpc) is 2.99. The fourth-order valence-corrected chi connectivity index (χ4v) is 4.75. The molecule has 0 radical (unpaired) electrons. The lowest BCUT2D eigenvalue weighted by molar-refractivity contribution is -0.0628. The zero-order valence-corrected chi connectivity index (χ0v) is 12.3. The van der Waals surface area contributed by atoms with Crippen LogP contribution in [0.2, 0.25) is 0 Å². The lowest BCUT2D eigenvalue weighted by Crippen LogP contribution is -2.44. The number of aromatic nitrogens is 2. The normalized spacial score (nSPS) is 31.9. The molecule has 3 heterocycles. The Morgan fingerprint density at radius 1 is 1.56 bits per heavy atom. The molecule has 0 aliphatic carbocycles. The topological polar surface area (TPSA) is 47.0 Å². The van der Waals surface area contributed by atoms with Crippen molar-refractivity contribution in [2.24, 2.45) is 0 Å². The molecular weight excluding hydrogens is 266 g/mol. The Morgan fingerprint density at radius 3 is 3.22 bits per heavy atom. The quantitative estimate of drug-likeness (QED) is 0.925. The number of ether oxygens (including phenoxy) is 1. The number of nitrogens with zero attached hydrogens (tertiary/aromatic N) is 2. The molecule has 6 heteroatoms. The third-order valence-electron chi connectivity index (χ3n) is 3.67. The third kappa shape index (κ3) is 2.65. The van der Waals surface area contributed by atoms with E-state index in [0.29, 0.717) is 6.04 Å². The smallest absolute Gasteiger partial charge is 0.202 e. The van der Waals surface area contributed by atoms with Gasteiger partial charge >= 0.3 is 0 Å². The number of aryl methyl sites for hydroxylation is 1. The van der Waals surface area contributed by atoms with E-state index in [1.807, 2.05) is 11.8 Å². The molecule has 0 saturated carbocycles. The van der Waals surface area contributed by atoms with Gasteiger partial charge in [-0.3, -0.25) is 0 Å². The fraction of sp³-hybridized carbons (Fsp3) is 0.833. The van der Waals surface area contributed by atoms with E-state index in [1.165, 1.54) is 23.7 Å². The summed E-state index contributed by atoms with van der Waals surface area (Å²) < 4.78 is 10.3. The summed E-state index contributed by atoms with van der Waals surface area (Å²) in [6, 6.07) is 0.495. The first kappa shape index (κ1) is 12.7. The molecule has 2 fully saturated rings. The first-order valence-corrected chi connectivity index (χ1v) is 8.53. The van der Waals surface area contributed by atoms with Crippen LogP contribution in [0.25, 0.3) is 0 Å². The Morgan fingerprint density at radius 2 is 2.50 bits per heavy atom. The molecule has 0 amide bonds. The Kier molecular flexibility index (Phi) is 3.77. The van der Waals surface area contributed by atoms with Gasteiger partial charge in [-0.05, 0) is 25.0 Å². The van der Waals surface area contributed by atoms with Gasteiger partial charge in [-0.2, -0.15) is 16.1 Å². The maximum atomic E-state index is 6.03. The van der Waals surface area contributed by atoms with Gasteiger partial charge in [0.25, 0.3) is 0 Å². The minimum atomic E-state index is 0.138. The van der Waals surface area contributed by atoms with Gasteiger partial charge < -0.3 is 10.1 Å². The van der Waals surface area contributed by atoms with Crippen molar-refractivity contribution >= 4 is 28.4 Å². The van der Waals surface area contributed by atoms with Crippen molar-refractivity contribution in [3.05, 3.63) is 5.82 Å². The van der Waals surface area contributed by atoms with Crippen LogP contribution in [0.3, 0.4) is 0 Å². The Bertz CT molecular complexity index is 404. The van der Waals surface area contributed by atoms with E-state index in [2.05, 4.69) is 21.6 Å². The van der Waals surface area contributed by atoms with Gasteiger partial charge in [0.15, 0.2) is 0 Å². The average molecular weight is 285 g/mol. The number of thioether (sulfide) groups is 1. The molecule has 1 spiro atoms. The van der Waals surface area contributed by atoms with Crippen LogP contribution in [0.4, 0.5) is 5.13 Å². The SMILES string of the molecule is CCc1nsc(N[C@H]2CCO[C@@]3(CCSC3)C2)n1. The number of anilines is 1. The van der Waals surface area contributed by atoms with Crippen LogP contribution in [0.1, 0.15) is 32.0 Å². The maximum Gasteiger partial charge on any atom is 0.202 e. The minimum absolute atomic E-state index is 0.138. The van der Waals surface area contributed by atoms with E-state index in [0.717, 1.165) is 42.6 Å². The van der Waals surface area contributed by atoms with Crippen molar-refractivity contribution in [1.82, 2.24) is 9.36 Å². The molecule has 1 N–H and O–H groups in total. The molecule has 0 bridgehead atoms. The highest BCUT2D eigenvalue weighted by atomic mass is 32.2. The van der Waals surface area contributed by atoms with Crippen LogP contribution in [0.15, 0.2) is 0 Å². The first-order chi connectivity index (χ1) is 8.80. The van der Waals surface area contributed by atoms with Gasteiger partial charge in [0, 0.05) is 36.4 Å². The summed E-state index contributed by atoms with van der Waals surface area (Å²) in [6.07, 6.45) is 4.30. The molecule has 3 rings (SSSR count). The largest absolute Gasteiger partial charge is 0.374 e. The van der Waals surface area contributed by atoms with Gasteiger partial charge in [0.05, 0.1) is 5.60 Å². The van der Waals surface area contributed by atoms with Gasteiger partial charge in [-0.25, -0.2) is 4.98 Å². The Labute approximate surface area is 116 Å². The number of nitrogens with one attached hydrogen (secondary N) is 1. The van der Waals surface area contributed by atoms with Crippen LogP contribution in [0.5, 0.6) is 0 Å². The number of hydrogen-bond acceptors (Lipinski definition) is 6. The highest BCUT2D eigenvalue weighted by molar-refractivity contribution is 7.99. The van der Waals surface area contributed by atoms with Crippen LogP contribution in [-0.4, -0.2) is 39.1 Å². The molecule has 4 nitrogen and oxygen atoms in total. The van der Waals surface area contributed by atoms with Crippen molar-refractivity contribution in [1.29, 1.82) is 0 Å². The van der Waals surface area contributed by atoms with Crippen molar-refractivity contribution in [3.8, 4) is 0 Å². The monoisotopic (exact) mass is 285 g/mol. The molecule has 2 aliphatic heterocycles. The van der Waals surface area contributed by atoms with Crippen molar-refractivity contribution in [2.75, 3.05) is 23.4 Å². The predicted molar refractivity (Wildman–Crippen MR) is 76.6 cm³/mol. The van der Waals surface area contributed by atoms with Gasteiger partial charge in [-0.15, -0.1) is 0 Å². The van der Waals surface area contributed by atoms with E-state index >= 15 is 0 Å². The molecular formula is C12H19N3OS2. The van der Waals surface area contributed by atoms with E-state index in [1.54, 1.807) is 0 Å². The lowest BCUT2D eigenvalue weighted by Gasteiger charge is -2.37. The lowest BCUT2D eigenvalue weighted by atomic mass is 9.90. The zero-order chi connectivity index (χ0) is 12.4. The maximum absolute atomic E-state index is 6.03. The highest BCUT2D eigenvalue weighted by Crippen LogP contribution is 2.39. The standard InChI is InChI=1S/C12H19N3OS2/c1-2-10-14-11(18-15-10)13-9-3-5-16-12(7-9)4-6-17-8-12/h9H,2-8H2,1H3,(H,13,14,15)/t9-,12-/m0/s1. The summed E-state index contributed by atoms with van der Waals surface area (Å²) in [5, 5.41) is 4.51. The summed E-state index contributed by atoms with van der Waals surface area (Å²) in [6.45, 7) is 2.96. The molecule has 1 aromatic heterocycles. The summed E-state index contributed by atoms with van der Waals surface area (Å²) in [5.41, 5.74) is 0.138. The van der Waals surface area contributed by atoms with Gasteiger partial charge in [0.2, 0.25) is 5.13 Å². The van der Waals surface area contributed by atoms with E-state index in [9.17, 15) is 0 Å². The molecule has 2 aliphatic rings. The van der Waals surface area contributed by atoms with Gasteiger partial charge in [0.1, 0.15) is 5.82 Å². The molecule has 18 heavy (non-hydrogen) atoms. The predicted octanol–water partition coefficient (Wildman–Crippen LogP) is 2.57. The molecule has 1 aromatic rings. The highest BCUT2D eigenvalue weighted by Gasteiger charge is 2.40. The van der Waals surface area contributed by atoms with Crippen LogP contribution in [0, 0.1) is 0 Å². The minimum Gasteiger partial charge on any atom is -0.374 e. The van der Waals surface area contributed by atoms with Crippen LogP contribution < -0.4 is 5.32 Å². The fourth-order valence-electron chi connectivity index (χ4n) is 2.65. The van der Waals surface area contributed by atoms with Crippen molar-refractivity contribution in [3.63, 3.8) is 0 Å². The van der Waals surface area contributed by atoms with Crippen molar-refractivity contribution in [2.45, 2.75) is 44.2 Å². The van der Waals surface area contributed by atoms with E-state index in [-0.39, 0.29) is 5.60 Å². The zero-order valence-electron chi connectivity index (χ0n) is 10.6.